The zero-order valence-electron chi connectivity index (χ0n) is 12.5. The van der Waals surface area contributed by atoms with Gasteiger partial charge in [0, 0.05) is 29.0 Å². The molecule has 22 heavy (non-hydrogen) atoms. The number of likely N-dealkylation sites (N-methyl/N-ethyl adjacent to an activating group) is 1. The summed E-state index contributed by atoms with van der Waals surface area (Å²) in [6.07, 6.45) is 0. The molecule has 1 saturated heterocycles. The van der Waals surface area contributed by atoms with Gasteiger partial charge in [-0.05, 0) is 41.8 Å². The summed E-state index contributed by atoms with van der Waals surface area (Å²) in [6.45, 7) is 2.76. The van der Waals surface area contributed by atoms with Crippen LogP contribution in [0.15, 0.2) is 46.9 Å². The average molecular weight is 379 g/mol. The third-order valence-electron chi connectivity index (χ3n) is 4.40. The monoisotopic (exact) mass is 377 g/mol. The molecule has 2 aromatic carbocycles. The van der Waals surface area contributed by atoms with Gasteiger partial charge >= 0.3 is 0 Å². The number of hydrogen-bond donors (Lipinski definition) is 0. The quantitative estimate of drug-likeness (QED) is 0.738. The fourth-order valence-electron chi connectivity index (χ4n) is 3.25. The van der Waals surface area contributed by atoms with Crippen LogP contribution < -0.4 is 0 Å². The van der Waals surface area contributed by atoms with E-state index in [1.807, 2.05) is 55.3 Å². The van der Waals surface area contributed by atoms with Crippen LogP contribution in [-0.4, -0.2) is 24.4 Å². The Kier molecular flexibility index (Phi) is 4.28. The van der Waals surface area contributed by atoms with Crippen LogP contribution in [0.3, 0.4) is 0 Å². The summed E-state index contributed by atoms with van der Waals surface area (Å²) in [5, 5.41) is 0.675. The lowest BCUT2D eigenvalue weighted by atomic mass is 9.82. The first kappa shape index (κ1) is 15.6. The van der Waals surface area contributed by atoms with Gasteiger partial charge in [-0.15, -0.1) is 0 Å². The Morgan fingerprint density at radius 3 is 2.64 bits per heavy atom. The van der Waals surface area contributed by atoms with Crippen LogP contribution in [0.25, 0.3) is 0 Å². The number of aryl methyl sites for hydroxylation is 1. The summed E-state index contributed by atoms with van der Waals surface area (Å²) in [5.41, 5.74) is 3.31. The van der Waals surface area contributed by atoms with Gasteiger partial charge in [0.2, 0.25) is 5.91 Å². The van der Waals surface area contributed by atoms with E-state index in [0.29, 0.717) is 5.02 Å². The van der Waals surface area contributed by atoms with Gasteiger partial charge in [0.1, 0.15) is 0 Å². The predicted octanol–water partition coefficient (Wildman–Crippen LogP) is 4.75. The Bertz CT molecular complexity index is 731. The first-order valence-corrected chi connectivity index (χ1v) is 8.41. The highest BCUT2D eigenvalue weighted by Gasteiger charge is 2.41. The number of hydrogen-bond acceptors (Lipinski definition) is 1. The summed E-state index contributed by atoms with van der Waals surface area (Å²) in [4.78, 5) is 14.5. The molecule has 1 fully saturated rings. The molecule has 0 radical (unpaired) electrons. The van der Waals surface area contributed by atoms with Crippen molar-refractivity contribution in [2.24, 2.45) is 0 Å². The lowest BCUT2D eigenvalue weighted by molar-refractivity contribution is -0.127. The minimum Gasteiger partial charge on any atom is -0.345 e. The zero-order valence-corrected chi connectivity index (χ0v) is 14.9. The third kappa shape index (κ3) is 2.68. The minimum absolute atomic E-state index is 0.130. The maximum Gasteiger partial charge on any atom is 0.230 e. The van der Waals surface area contributed by atoms with Gasteiger partial charge in [0.15, 0.2) is 0 Å². The Labute approximate surface area is 144 Å². The third-order valence-corrected chi connectivity index (χ3v) is 5.35. The van der Waals surface area contributed by atoms with E-state index in [0.717, 1.165) is 22.1 Å². The molecule has 2 atom stereocenters. The van der Waals surface area contributed by atoms with Crippen molar-refractivity contribution in [3.05, 3.63) is 68.7 Å². The van der Waals surface area contributed by atoms with Crippen molar-refractivity contribution in [2.75, 3.05) is 13.6 Å². The highest BCUT2D eigenvalue weighted by Crippen LogP contribution is 2.43. The number of benzene rings is 2. The van der Waals surface area contributed by atoms with Gasteiger partial charge in [-0.1, -0.05) is 51.8 Å². The Balaban J connectivity index is 2.12. The first-order chi connectivity index (χ1) is 10.5. The number of amides is 1. The number of halogens is 2. The summed E-state index contributed by atoms with van der Waals surface area (Å²) < 4.78 is 1.05. The second kappa shape index (κ2) is 6.05. The van der Waals surface area contributed by atoms with Crippen LogP contribution in [-0.2, 0) is 4.79 Å². The molecule has 0 N–H and O–H groups in total. The molecule has 1 heterocycles. The van der Waals surface area contributed by atoms with E-state index in [1.54, 1.807) is 0 Å². The number of likely N-dealkylation sites (tertiary alicyclic amines) is 1. The van der Waals surface area contributed by atoms with E-state index >= 15 is 0 Å². The largest absolute Gasteiger partial charge is 0.345 e. The fourth-order valence-corrected chi connectivity index (χ4v) is 4.01. The second-order valence-corrected chi connectivity index (χ2v) is 7.12. The molecule has 0 aromatic heterocycles. The smallest absolute Gasteiger partial charge is 0.230 e. The average Bonchev–Trinajstić information content (AvgIpc) is 2.78. The maximum atomic E-state index is 12.7. The summed E-state index contributed by atoms with van der Waals surface area (Å²) in [6, 6.07) is 13.9. The number of carbonyl (C=O) groups is 1. The number of rotatable bonds is 2. The van der Waals surface area contributed by atoms with Crippen molar-refractivity contribution in [1.82, 2.24) is 4.90 Å². The normalized spacial score (nSPS) is 21.5. The van der Waals surface area contributed by atoms with Crippen LogP contribution in [0, 0.1) is 6.92 Å². The molecule has 0 saturated carbocycles. The van der Waals surface area contributed by atoms with Crippen molar-refractivity contribution in [1.29, 1.82) is 0 Å². The van der Waals surface area contributed by atoms with Crippen LogP contribution in [0.2, 0.25) is 5.02 Å². The molecule has 0 spiro atoms. The topological polar surface area (TPSA) is 20.3 Å². The minimum atomic E-state index is -0.178. The summed E-state index contributed by atoms with van der Waals surface area (Å²) >= 11 is 9.79. The summed E-state index contributed by atoms with van der Waals surface area (Å²) in [5.74, 6) is 0.110. The summed E-state index contributed by atoms with van der Waals surface area (Å²) in [7, 11) is 1.87. The molecule has 3 rings (SSSR count). The lowest BCUT2D eigenvalue weighted by Crippen LogP contribution is -2.22. The van der Waals surface area contributed by atoms with E-state index in [2.05, 4.69) is 22.0 Å². The van der Waals surface area contributed by atoms with E-state index in [1.165, 1.54) is 5.56 Å². The predicted molar refractivity (Wildman–Crippen MR) is 93.5 cm³/mol. The van der Waals surface area contributed by atoms with Gasteiger partial charge in [-0.2, -0.15) is 0 Å². The van der Waals surface area contributed by atoms with E-state index in [9.17, 15) is 4.79 Å². The van der Waals surface area contributed by atoms with Crippen molar-refractivity contribution >= 4 is 33.4 Å². The molecular formula is C18H17BrClNO. The van der Waals surface area contributed by atoms with Gasteiger partial charge in [-0.3, -0.25) is 4.79 Å². The Hall–Kier alpha value is -1.32. The van der Waals surface area contributed by atoms with Crippen molar-refractivity contribution in [2.45, 2.75) is 18.8 Å². The van der Waals surface area contributed by atoms with Gasteiger partial charge in [-0.25, -0.2) is 0 Å². The number of nitrogens with zero attached hydrogens (tertiary/aromatic N) is 1. The molecule has 1 amide bonds. The van der Waals surface area contributed by atoms with Gasteiger partial charge < -0.3 is 4.90 Å². The SMILES string of the molecule is Cc1ccc(Cl)cc1[C@@H]1C(=O)N(C)C[C@H]1c1ccccc1Br. The van der Waals surface area contributed by atoms with Crippen molar-refractivity contribution in [3.63, 3.8) is 0 Å². The van der Waals surface area contributed by atoms with Crippen LogP contribution in [0.1, 0.15) is 28.5 Å². The molecule has 0 bridgehead atoms. The highest BCUT2D eigenvalue weighted by molar-refractivity contribution is 9.10. The fraction of sp³-hybridized carbons (Fsp3) is 0.278. The highest BCUT2D eigenvalue weighted by atomic mass is 79.9. The Morgan fingerprint density at radius 1 is 1.18 bits per heavy atom. The standard InChI is InChI=1S/C18H17BrClNO/c1-11-7-8-12(20)9-14(11)17-15(10-21(2)18(17)22)13-5-3-4-6-16(13)19/h3-9,15,17H,10H2,1-2H3/t15-,17-/m0/s1. The molecule has 1 aliphatic rings. The Morgan fingerprint density at radius 2 is 1.91 bits per heavy atom. The van der Waals surface area contributed by atoms with Crippen LogP contribution >= 0.6 is 27.5 Å². The molecule has 2 aromatic rings. The molecule has 0 aliphatic carbocycles. The number of carbonyl (C=O) groups excluding carboxylic acids is 1. The van der Waals surface area contributed by atoms with Crippen LogP contribution in [0.5, 0.6) is 0 Å². The zero-order chi connectivity index (χ0) is 15.9. The van der Waals surface area contributed by atoms with E-state index in [-0.39, 0.29) is 17.7 Å². The molecule has 114 valence electrons. The molecular weight excluding hydrogens is 362 g/mol. The second-order valence-electron chi connectivity index (χ2n) is 5.83. The molecule has 0 unspecified atom stereocenters. The van der Waals surface area contributed by atoms with Crippen molar-refractivity contribution in [3.8, 4) is 0 Å². The lowest BCUT2D eigenvalue weighted by Gasteiger charge is -2.20. The first-order valence-electron chi connectivity index (χ1n) is 7.24. The van der Waals surface area contributed by atoms with Crippen molar-refractivity contribution < 1.29 is 4.79 Å². The molecule has 1 aliphatic heterocycles. The van der Waals surface area contributed by atoms with Gasteiger partial charge in [0.25, 0.3) is 0 Å². The van der Waals surface area contributed by atoms with E-state index in [4.69, 9.17) is 11.6 Å². The molecule has 4 heteroatoms. The molecule has 2 nitrogen and oxygen atoms in total. The van der Waals surface area contributed by atoms with Gasteiger partial charge in [0.05, 0.1) is 5.92 Å². The van der Waals surface area contributed by atoms with E-state index < -0.39 is 0 Å². The van der Waals surface area contributed by atoms with Crippen LogP contribution in [0.4, 0.5) is 0 Å². The maximum absolute atomic E-state index is 12.7.